The predicted octanol–water partition coefficient (Wildman–Crippen LogP) is 4.08. The summed E-state index contributed by atoms with van der Waals surface area (Å²) in [7, 11) is 0. The molecule has 19 heavy (non-hydrogen) atoms. The van der Waals surface area contributed by atoms with E-state index in [-0.39, 0.29) is 0 Å². The van der Waals surface area contributed by atoms with Crippen molar-refractivity contribution in [3.05, 3.63) is 29.5 Å². The van der Waals surface area contributed by atoms with Gasteiger partial charge in [0, 0.05) is 11.4 Å². The Morgan fingerprint density at radius 1 is 1.37 bits per heavy atom. The molecule has 0 aliphatic carbocycles. The van der Waals surface area contributed by atoms with E-state index in [0.717, 1.165) is 34.6 Å². The molecule has 1 N–H and O–H groups in total. The minimum absolute atomic E-state index is 0.710. The molecule has 98 valence electrons. The van der Waals surface area contributed by atoms with Gasteiger partial charge in [0.15, 0.2) is 5.82 Å². The second-order valence-electron chi connectivity index (χ2n) is 4.41. The Morgan fingerprint density at radius 2 is 2.26 bits per heavy atom. The molecule has 0 aromatic carbocycles. The van der Waals surface area contributed by atoms with Gasteiger partial charge in [-0.05, 0) is 25.5 Å². The summed E-state index contributed by atoms with van der Waals surface area (Å²) in [5.41, 5.74) is 0.910. The van der Waals surface area contributed by atoms with Crippen LogP contribution in [-0.2, 0) is 0 Å². The SMILES string of the molecule is CCCNc1nc(-c2ccoc2)nc2sc(C)cc12. The van der Waals surface area contributed by atoms with Crippen molar-refractivity contribution in [3.8, 4) is 11.4 Å². The number of fused-ring (bicyclic) bond motifs is 1. The molecule has 3 aromatic heterocycles. The Balaban J connectivity index is 2.14. The molecule has 3 rings (SSSR count). The average molecular weight is 273 g/mol. The molecule has 0 radical (unpaired) electrons. The summed E-state index contributed by atoms with van der Waals surface area (Å²) in [5, 5.41) is 4.48. The Hall–Kier alpha value is -1.88. The number of anilines is 1. The van der Waals surface area contributed by atoms with Gasteiger partial charge in [-0.15, -0.1) is 11.3 Å². The Bertz CT molecular complexity index is 688. The van der Waals surface area contributed by atoms with Gasteiger partial charge in [0.05, 0.1) is 17.2 Å². The summed E-state index contributed by atoms with van der Waals surface area (Å²) in [4.78, 5) is 11.5. The highest BCUT2D eigenvalue weighted by Crippen LogP contribution is 2.31. The van der Waals surface area contributed by atoms with E-state index < -0.39 is 0 Å². The molecule has 0 aliphatic heterocycles. The van der Waals surface area contributed by atoms with Crippen LogP contribution >= 0.6 is 11.3 Å². The normalized spacial score (nSPS) is 11.1. The van der Waals surface area contributed by atoms with Crippen LogP contribution in [0.1, 0.15) is 18.2 Å². The zero-order valence-corrected chi connectivity index (χ0v) is 11.8. The first kappa shape index (κ1) is 12.2. The molecule has 0 bridgehead atoms. The van der Waals surface area contributed by atoms with Gasteiger partial charge in [0.2, 0.25) is 0 Å². The molecule has 3 heterocycles. The fourth-order valence-corrected chi connectivity index (χ4v) is 2.82. The molecule has 5 heteroatoms. The number of hydrogen-bond donors (Lipinski definition) is 1. The number of aryl methyl sites for hydroxylation is 1. The van der Waals surface area contributed by atoms with Crippen LogP contribution in [0.3, 0.4) is 0 Å². The van der Waals surface area contributed by atoms with Crippen LogP contribution < -0.4 is 5.32 Å². The zero-order chi connectivity index (χ0) is 13.2. The highest BCUT2D eigenvalue weighted by molar-refractivity contribution is 7.18. The maximum Gasteiger partial charge on any atom is 0.166 e. The highest BCUT2D eigenvalue weighted by atomic mass is 32.1. The van der Waals surface area contributed by atoms with Crippen LogP contribution in [0.15, 0.2) is 29.1 Å². The maximum absolute atomic E-state index is 5.11. The van der Waals surface area contributed by atoms with Crippen molar-refractivity contribution in [1.29, 1.82) is 0 Å². The Morgan fingerprint density at radius 3 is 3.00 bits per heavy atom. The van der Waals surface area contributed by atoms with Crippen LogP contribution in [0.4, 0.5) is 5.82 Å². The van der Waals surface area contributed by atoms with Crippen molar-refractivity contribution >= 4 is 27.4 Å². The third-order valence-corrected chi connectivity index (χ3v) is 3.78. The van der Waals surface area contributed by atoms with Gasteiger partial charge in [0.1, 0.15) is 16.9 Å². The molecule has 0 amide bonds. The lowest BCUT2D eigenvalue weighted by Crippen LogP contribution is -2.03. The summed E-state index contributed by atoms with van der Waals surface area (Å²) in [6, 6.07) is 4.02. The zero-order valence-electron chi connectivity index (χ0n) is 10.9. The van der Waals surface area contributed by atoms with E-state index in [2.05, 4.69) is 35.2 Å². The lowest BCUT2D eigenvalue weighted by molar-refractivity contribution is 0.568. The number of nitrogens with one attached hydrogen (secondary N) is 1. The van der Waals surface area contributed by atoms with E-state index >= 15 is 0 Å². The first-order valence-corrected chi connectivity index (χ1v) is 7.14. The first-order chi connectivity index (χ1) is 9.28. The minimum atomic E-state index is 0.710. The molecule has 0 atom stereocenters. The number of hydrogen-bond acceptors (Lipinski definition) is 5. The largest absolute Gasteiger partial charge is 0.472 e. The molecule has 0 spiro atoms. The second kappa shape index (κ2) is 5.01. The summed E-state index contributed by atoms with van der Waals surface area (Å²) in [6.45, 7) is 5.14. The third kappa shape index (κ3) is 2.33. The smallest absolute Gasteiger partial charge is 0.166 e. The van der Waals surface area contributed by atoms with Crippen molar-refractivity contribution in [1.82, 2.24) is 9.97 Å². The molecule has 0 unspecified atom stereocenters. The monoisotopic (exact) mass is 273 g/mol. The first-order valence-electron chi connectivity index (χ1n) is 6.32. The van der Waals surface area contributed by atoms with Gasteiger partial charge >= 0.3 is 0 Å². The lowest BCUT2D eigenvalue weighted by Gasteiger charge is -2.06. The van der Waals surface area contributed by atoms with E-state index in [1.54, 1.807) is 23.9 Å². The number of aromatic nitrogens is 2. The van der Waals surface area contributed by atoms with Crippen LogP contribution in [0.2, 0.25) is 0 Å². The van der Waals surface area contributed by atoms with Crippen LogP contribution in [0, 0.1) is 6.92 Å². The Kier molecular flexibility index (Phi) is 3.21. The lowest BCUT2D eigenvalue weighted by atomic mass is 10.3. The van der Waals surface area contributed by atoms with Crippen LogP contribution in [0.5, 0.6) is 0 Å². The van der Waals surface area contributed by atoms with Gasteiger partial charge in [-0.1, -0.05) is 6.92 Å². The number of rotatable bonds is 4. The molecule has 0 saturated heterocycles. The second-order valence-corrected chi connectivity index (χ2v) is 5.65. The van der Waals surface area contributed by atoms with Crippen molar-refractivity contribution < 1.29 is 4.42 Å². The molecule has 0 aliphatic rings. The van der Waals surface area contributed by atoms with Gasteiger partial charge in [-0.25, -0.2) is 9.97 Å². The molecular weight excluding hydrogens is 258 g/mol. The van der Waals surface area contributed by atoms with Crippen molar-refractivity contribution in [3.63, 3.8) is 0 Å². The van der Waals surface area contributed by atoms with E-state index in [4.69, 9.17) is 4.42 Å². The standard InChI is InChI=1S/C14H15N3OS/c1-3-5-15-13-11-7-9(2)19-14(11)17-12(16-13)10-4-6-18-8-10/h4,6-8H,3,5H2,1-2H3,(H,15,16,17). The molecule has 3 aromatic rings. The summed E-state index contributed by atoms with van der Waals surface area (Å²) in [5.74, 6) is 1.62. The van der Waals surface area contributed by atoms with Crippen molar-refractivity contribution in [2.75, 3.05) is 11.9 Å². The summed E-state index contributed by atoms with van der Waals surface area (Å²) in [6.07, 6.45) is 4.38. The fourth-order valence-electron chi connectivity index (χ4n) is 1.94. The van der Waals surface area contributed by atoms with Crippen LogP contribution in [-0.4, -0.2) is 16.5 Å². The summed E-state index contributed by atoms with van der Waals surface area (Å²) >= 11 is 1.69. The maximum atomic E-state index is 5.11. The van der Waals surface area contributed by atoms with Gasteiger partial charge in [-0.2, -0.15) is 0 Å². The van der Waals surface area contributed by atoms with Crippen molar-refractivity contribution in [2.45, 2.75) is 20.3 Å². The number of furan rings is 1. The van der Waals surface area contributed by atoms with E-state index in [9.17, 15) is 0 Å². The molecule has 0 saturated carbocycles. The van der Waals surface area contributed by atoms with Crippen LogP contribution in [0.25, 0.3) is 21.6 Å². The van der Waals surface area contributed by atoms with E-state index in [1.165, 1.54) is 4.88 Å². The predicted molar refractivity (Wildman–Crippen MR) is 78.6 cm³/mol. The molecular formula is C14H15N3OS. The quantitative estimate of drug-likeness (QED) is 0.778. The number of thiophene rings is 1. The van der Waals surface area contributed by atoms with E-state index in [1.807, 2.05) is 6.07 Å². The molecule has 4 nitrogen and oxygen atoms in total. The highest BCUT2D eigenvalue weighted by Gasteiger charge is 2.12. The van der Waals surface area contributed by atoms with Gasteiger partial charge in [0.25, 0.3) is 0 Å². The summed E-state index contributed by atoms with van der Waals surface area (Å²) < 4.78 is 5.11. The number of nitrogens with zero attached hydrogens (tertiary/aromatic N) is 2. The minimum Gasteiger partial charge on any atom is -0.472 e. The molecule has 0 fully saturated rings. The van der Waals surface area contributed by atoms with Crippen molar-refractivity contribution in [2.24, 2.45) is 0 Å². The average Bonchev–Trinajstić information content (AvgIpc) is 3.03. The Labute approximate surface area is 115 Å². The van der Waals surface area contributed by atoms with E-state index in [0.29, 0.717) is 5.82 Å². The van der Waals surface area contributed by atoms with Gasteiger partial charge in [-0.3, -0.25) is 0 Å². The fraction of sp³-hybridized carbons (Fsp3) is 0.286. The topological polar surface area (TPSA) is 51.0 Å². The third-order valence-electron chi connectivity index (χ3n) is 2.84. The van der Waals surface area contributed by atoms with Gasteiger partial charge < -0.3 is 9.73 Å².